The summed E-state index contributed by atoms with van der Waals surface area (Å²) in [4.78, 5) is 16.6. The predicted molar refractivity (Wildman–Crippen MR) is 101 cm³/mol. The van der Waals surface area contributed by atoms with Crippen molar-refractivity contribution in [3.05, 3.63) is 81.5 Å². The van der Waals surface area contributed by atoms with E-state index in [0.717, 1.165) is 38.9 Å². The molecular formula is C21H17F2N3O2. The zero-order valence-electron chi connectivity index (χ0n) is 15.3. The van der Waals surface area contributed by atoms with Crippen LogP contribution in [0.25, 0.3) is 16.6 Å². The van der Waals surface area contributed by atoms with Crippen molar-refractivity contribution in [2.45, 2.75) is 25.8 Å². The molecule has 2 aromatic carbocycles. The Morgan fingerprint density at radius 3 is 2.64 bits per heavy atom. The fourth-order valence-corrected chi connectivity index (χ4v) is 4.33. The molecule has 5 nitrogen and oxygen atoms in total. The number of imidazole rings is 1. The van der Waals surface area contributed by atoms with Crippen molar-refractivity contribution in [2.24, 2.45) is 0 Å². The molecule has 0 saturated heterocycles. The van der Waals surface area contributed by atoms with Crippen molar-refractivity contribution < 1.29 is 13.9 Å². The quantitative estimate of drug-likeness (QED) is 0.527. The maximum atomic E-state index is 14.3. The van der Waals surface area contributed by atoms with Gasteiger partial charge in [0.05, 0.1) is 16.9 Å². The molecule has 0 amide bonds. The molecule has 0 fully saturated rings. The van der Waals surface area contributed by atoms with Crippen molar-refractivity contribution in [1.82, 2.24) is 14.1 Å². The average molecular weight is 381 g/mol. The number of H-pyrrole nitrogens is 1. The molecule has 0 aliphatic carbocycles. The molecule has 2 N–H and O–H groups in total. The van der Waals surface area contributed by atoms with Crippen LogP contribution in [-0.4, -0.2) is 19.2 Å². The molecule has 1 aliphatic rings. The van der Waals surface area contributed by atoms with Crippen molar-refractivity contribution >= 4 is 10.9 Å². The molecule has 7 heteroatoms. The molecule has 5 rings (SSSR count). The molecule has 0 atom stereocenters. The smallest absolute Gasteiger partial charge is 0.336 e. The largest absolute Gasteiger partial charge is 0.493 e. The fourth-order valence-electron chi connectivity index (χ4n) is 4.33. The maximum absolute atomic E-state index is 14.3. The molecule has 4 aromatic rings. The van der Waals surface area contributed by atoms with Gasteiger partial charge >= 0.3 is 5.69 Å². The maximum Gasteiger partial charge on any atom is 0.336 e. The van der Waals surface area contributed by atoms with Gasteiger partial charge < -0.3 is 10.1 Å². The first-order valence-corrected chi connectivity index (χ1v) is 8.92. The van der Waals surface area contributed by atoms with Crippen LogP contribution in [0.3, 0.4) is 0 Å². The van der Waals surface area contributed by atoms with E-state index >= 15 is 0 Å². The monoisotopic (exact) mass is 381 g/mol. The van der Waals surface area contributed by atoms with E-state index in [9.17, 15) is 18.7 Å². The van der Waals surface area contributed by atoms with Gasteiger partial charge in [-0.25, -0.2) is 18.1 Å². The Bertz CT molecular complexity index is 1330. The van der Waals surface area contributed by atoms with Crippen LogP contribution in [0.15, 0.2) is 47.3 Å². The summed E-state index contributed by atoms with van der Waals surface area (Å²) in [5.41, 5.74) is 1.67. The number of rotatable bonds is 1. The van der Waals surface area contributed by atoms with Gasteiger partial charge in [-0.05, 0) is 37.6 Å². The van der Waals surface area contributed by atoms with Gasteiger partial charge in [0.1, 0.15) is 11.6 Å². The number of aromatic hydroxyl groups is 1. The highest BCUT2D eigenvalue weighted by atomic mass is 19.1. The van der Waals surface area contributed by atoms with E-state index < -0.39 is 22.9 Å². The van der Waals surface area contributed by atoms with Gasteiger partial charge in [0.2, 0.25) is 5.88 Å². The molecule has 0 unspecified atom stereocenters. The van der Waals surface area contributed by atoms with E-state index in [0.29, 0.717) is 18.2 Å². The summed E-state index contributed by atoms with van der Waals surface area (Å²) in [6.07, 6.45) is 0.319. The highest BCUT2D eigenvalue weighted by Crippen LogP contribution is 2.41. The van der Waals surface area contributed by atoms with Gasteiger partial charge in [0, 0.05) is 29.1 Å². The lowest BCUT2D eigenvalue weighted by Crippen LogP contribution is -2.42. The zero-order valence-corrected chi connectivity index (χ0v) is 15.3. The van der Waals surface area contributed by atoms with E-state index in [4.69, 9.17) is 0 Å². The highest BCUT2D eigenvalue weighted by molar-refractivity contribution is 5.86. The molecule has 0 spiro atoms. The van der Waals surface area contributed by atoms with E-state index in [1.807, 2.05) is 38.1 Å². The Hall–Kier alpha value is -3.35. The summed E-state index contributed by atoms with van der Waals surface area (Å²) in [7, 11) is 0. The third-order valence-corrected chi connectivity index (χ3v) is 5.60. The van der Waals surface area contributed by atoms with E-state index in [1.54, 1.807) is 0 Å². The second-order valence-electron chi connectivity index (χ2n) is 7.58. The van der Waals surface area contributed by atoms with E-state index in [-0.39, 0.29) is 11.6 Å². The van der Waals surface area contributed by atoms with Gasteiger partial charge in [0.25, 0.3) is 0 Å². The molecule has 142 valence electrons. The number of nitrogens with zero attached hydrogens (tertiary/aromatic N) is 2. The van der Waals surface area contributed by atoms with Crippen LogP contribution in [0.5, 0.6) is 5.88 Å². The lowest BCUT2D eigenvalue weighted by atomic mass is 9.89. The van der Waals surface area contributed by atoms with Crippen LogP contribution < -0.4 is 5.69 Å². The summed E-state index contributed by atoms with van der Waals surface area (Å²) >= 11 is 0. The van der Waals surface area contributed by atoms with Gasteiger partial charge in [-0.15, -0.1) is 0 Å². The number of aromatic nitrogens is 3. The number of hydrogen-bond donors (Lipinski definition) is 2. The Morgan fingerprint density at radius 1 is 1.14 bits per heavy atom. The third-order valence-electron chi connectivity index (χ3n) is 5.60. The minimum atomic E-state index is -0.915. The summed E-state index contributed by atoms with van der Waals surface area (Å²) in [6, 6.07) is 10.7. The van der Waals surface area contributed by atoms with Crippen LogP contribution in [0, 0.1) is 11.6 Å². The number of para-hydroxylation sites is 1. The van der Waals surface area contributed by atoms with Crippen LogP contribution in [-0.2, 0) is 12.0 Å². The Kier molecular flexibility index (Phi) is 3.21. The van der Waals surface area contributed by atoms with Gasteiger partial charge in [-0.1, -0.05) is 18.2 Å². The van der Waals surface area contributed by atoms with E-state index in [1.165, 1.54) is 4.57 Å². The Labute approximate surface area is 158 Å². The number of fused-ring (bicyclic) bond motifs is 4. The summed E-state index contributed by atoms with van der Waals surface area (Å²) in [5, 5.41) is 11.9. The Balaban J connectivity index is 1.81. The summed E-state index contributed by atoms with van der Waals surface area (Å²) < 4.78 is 30.0. The average Bonchev–Trinajstić information content (AvgIpc) is 3.13. The molecule has 3 heterocycles. The zero-order chi connectivity index (χ0) is 19.8. The third kappa shape index (κ3) is 2.01. The molecule has 1 aliphatic heterocycles. The molecule has 28 heavy (non-hydrogen) atoms. The first-order chi connectivity index (χ1) is 13.3. The van der Waals surface area contributed by atoms with Crippen molar-refractivity contribution in [1.29, 1.82) is 0 Å². The van der Waals surface area contributed by atoms with Crippen molar-refractivity contribution in [2.75, 3.05) is 0 Å². The number of hydrogen-bond acceptors (Lipinski definition) is 2. The molecule has 2 aromatic heterocycles. The van der Waals surface area contributed by atoms with Gasteiger partial charge in [-0.3, -0.25) is 4.57 Å². The number of halogens is 2. The van der Waals surface area contributed by atoms with Crippen molar-refractivity contribution in [3.8, 4) is 11.6 Å². The van der Waals surface area contributed by atoms with Gasteiger partial charge in [0.15, 0.2) is 0 Å². The number of nitrogens with one attached hydrogen (secondary N) is 1. The fraction of sp³-hybridized carbons (Fsp3) is 0.190. The predicted octanol–water partition coefficient (Wildman–Crippen LogP) is 3.79. The second-order valence-corrected chi connectivity index (χ2v) is 7.58. The molecule has 0 radical (unpaired) electrons. The van der Waals surface area contributed by atoms with Crippen LogP contribution in [0.4, 0.5) is 8.78 Å². The minimum Gasteiger partial charge on any atom is -0.493 e. The summed E-state index contributed by atoms with van der Waals surface area (Å²) in [6.45, 7) is 3.74. The van der Waals surface area contributed by atoms with Crippen molar-refractivity contribution in [3.63, 3.8) is 0 Å². The molecule has 0 saturated carbocycles. The van der Waals surface area contributed by atoms with Gasteiger partial charge in [-0.2, -0.15) is 0 Å². The standard InChI is InChI=1S/C21H17F2N3O2/c1-21(2)18-13(12-5-3-4-6-15(12)24-18)10-17-19(27)25(20(28)26(17)21)16-8-7-11(22)9-14(16)23/h3-9,24,27H,10H2,1-2H3. The van der Waals surface area contributed by atoms with Crippen LogP contribution in [0.2, 0.25) is 0 Å². The second kappa shape index (κ2) is 5.34. The topological polar surface area (TPSA) is 62.9 Å². The minimum absolute atomic E-state index is 0.185. The SMILES string of the molecule is CC1(C)c2[nH]c3ccccc3c2Cc2c(O)n(-c3ccc(F)cc3F)c(=O)n21. The normalized spacial score (nSPS) is 14.9. The van der Waals surface area contributed by atoms with Crippen LogP contribution >= 0.6 is 0 Å². The summed E-state index contributed by atoms with van der Waals surface area (Å²) in [5.74, 6) is -2.00. The molecule has 0 bridgehead atoms. The number of aromatic amines is 1. The number of benzene rings is 2. The lowest BCUT2D eigenvalue weighted by molar-refractivity contribution is 0.378. The first kappa shape index (κ1) is 16.8. The molecular weight excluding hydrogens is 364 g/mol. The highest BCUT2D eigenvalue weighted by Gasteiger charge is 2.40. The first-order valence-electron chi connectivity index (χ1n) is 8.92. The lowest BCUT2D eigenvalue weighted by Gasteiger charge is -2.32. The van der Waals surface area contributed by atoms with Crippen LogP contribution in [0.1, 0.15) is 30.8 Å². The van der Waals surface area contributed by atoms with E-state index in [2.05, 4.69) is 4.98 Å². The Morgan fingerprint density at radius 2 is 1.89 bits per heavy atom.